The lowest BCUT2D eigenvalue weighted by Crippen LogP contribution is -2.39. The minimum absolute atomic E-state index is 0.0991. The highest BCUT2D eigenvalue weighted by atomic mass is 79.9. The molecule has 0 saturated heterocycles. The van der Waals surface area contributed by atoms with Gasteiger partial charge in [-0.05, 0) is 39.9 Å². The Morgan fingerprint density at radius 3 is 2.67 bits per heavy atom. The van der Waals surface area contributed by atoms with Crippen LogP contribution >= 0.6 is 27.7 Å². The molecule has 2 aromatic heterocycles. The lowest BCUT2D eigenvalue weighted by Gasteiger charge is -2.22. The maximum atomic E-state index is 13.1. The largest absolute Gasteiger partial charge is 0.434 e. The standard InChI is InChI=1S/C16H15BrF3N3O3S/c1-4-27-10-6-5-7-21-12(10)14(24)22(2)13-9(17)8-11(16(18,19)20)23(26-3)15(13)25/h5-8H,4H2,1-3H3. The zero-order valence-corrected chi connectivity index (χ0v) is 16.9. The van der Waals surface area contributed by atoms with Crippen LogP contribution < -0.4 is 15.3 Å². The van der Waals surface area contributed by atoms with Crippen LogP contribution in [-0.2, 0) is 6.18 Å². The van der Waals surface area contributed by atoms with E-state index in [4.69, 9.17) is 0 Å². The van der Waals surface area contributed by atoms with Gasteiger partial charge in [0.2, 0.25) is 0 Å². The van der Waals surface area contributed by atoms with Crippen LogP contribution in [0.5, 0.6) is 0 Å². The zero-order chi connectivity index (χ0) is 20.4. The summed E-state index contributed by atoms with van der Waals surface area (Å²) in [4.78, 5) is 35.6. The van der Waals surface area contributed by atoms with Gasteiger partial charge in [-0.3, -0.25) is 9.59 Å². The number of alkyl halides is 3. The summed E-state index contributed by atoms with van der Waals surface area (Å²) in [6.07, 6.45) is -3.39. The summed E-state index contributed by atoms with van der Waals surface area (Å²) in [5.41, 5.74) is -2.63. The van der Waals surface area contributed by atoms with Crippen molar-refractivity contribution in [3.05, 3.63) is 50.6 Å². The molecule has 0 bridgehead atoms. The van der Waals surface area contributed by atoms with Crippen molar-refractivity contribution in [2.24, 2.45) is 0 Å². The third-order valence-electron chi connectivity index (χ3n) is 3.48. The predicted molar refractivity (Wildman–Crippen MR) is 99.3 cm³/mol. The second-order valence-corrected chi connectivity index (χ2v) is 7.31. The Hall–Kier alpha value is -2.01. The molecular formula is C16H15BrF3N3O3S. The molecule has 0 aromatic carbocycles. The van der Waals surface area contributed by atoms with Gasteiger partial charge in [-0.1, -0.05) is 6.92 Å². The van der Waals surface area contributed by atoms with E-state index in [2.05, 4.69) is 25.8 Å². The number of thioether (sulfide) groups is 1. The quantitative estimate of drug-likeness (QED) is 0.632. The van der Waals surface area contributed by atoms with Crippen molar-refractivity contribution in [2.75, 3.05) is 24.8 Å². The topological polar surface area (TPSA) is 64.4 Å². The van der Waals surface area contributed by atoms with E-state index in [1.54, 1.807) is 12.1 Å². The fraction of sp³-hybridized carbons (Fsp3) is 0.312. The predicted octanol–water partition coefficient (Wildman–Crippen LogP) is 3.47. The number of amides is 1. The van der Waals surface area contributed by atoms with Crippen LogP contribution in [-0.4, -0.2) is 35.5 Å². The van der Waals surface area contributed by atoms with Crippen LogP contribution in [0.4, 0.5) is 18.9 Å². The van der Waals surface area contributed by atoms with Gasteiger partial charge in [0, 0.05) is 22.6 Å². The molecule has 0 aliphatic rings. The van der Waals surface area contributed by atoms with Crippen LogP contribution in [0.15, 0.2) is 38.6 Å². The Morgan fingerprint density at radius 1 is 1.44 bits per heavy atom. The third kappa shape index (κ3) is 4.29. The second kappa shape index (κ2) is 8.34. The van der Waals surface area contributed by atoms with Gasteiger partial charge in [-0.2, -0.15) is 13.2 Å². The average molecular weight is 466 g/mol. The Kier molecular flexibility index (Phi) is 6.58. The smallest absolute Gasteiger partial charge is 0.413 e. The van der Waals surface area contributed by atoms with Crippen molar-refractivity contribution in [2.45, 2.75) is 18.0 Å². The van der Waals surface area contributed by atoms with Gasteiger partial charge in [-0.15, -0.1) is 16.5 Å². The highest BCUT2D eigenvalue weighted by molar-refractivity contribution is 9.10. The van der Waals surface area contributed by atoms with Gasteiger partial charge in [0.1, 0.15) is 18.5 Å². The van der Waals surface area contributed by atoms with Crippen LogP contribution in [0.1, 0.15) is 23.1 Å². The van der Waals surface area contributed by atoms with E-state index in [9.17, 15) is 22.8 Å². The SMILES string of the molecule is CCSc1cccnc1C(=O)N(C)c1c(Br)cc(C(F)(F)F)n(OC)c1=O. The molecule has 0 saturated carbocycles. The summed E-state index contributed by atoms with van der Waals surface area (Å²) in [6, 6.07) is 4.06. The highest BCUT2D eigenvalue weighted by Gasteiger charge is 2.38. The summed E-state index contributed by atoms with van der Waals surface area (Å²) in [5, 5.41) is 0. The van der Waals surface area contributed by atoms with Crippen LogP contribution in [0.25, 0.3) is 0 Å². The first kappa shape index (κ1) is 21.3. The first-order valence-corrected chi connectivity index (χ1v) is 9.34. The molecule has 0 radical (unpaired) electrons. The molecule has 6 nitrogen and oxygen atoms in total. The molecule has 0 fully saturated rings. The summed E-state index contributed by atoms with van der Waals surface area (Å²) in [6.45, 7) is 1.90. The van der Waals surface area contributed by atoms with Gasteiger partial charge in [-0.25, -0.2) is 4.98 Å². The van der Waals surface area contributed by atoms with E-state index in [-0.39, 0.29) is 20.6 Å². The molecule has 2 heterocycles. The van der Waals surface area contributed by atoms with E-state index in [1.807, 2.05) is 6.92 Å². The minimum Gasteiger partial charge on any atom is -0.413 e. The Bertz CT molecular complexity index is 918. The first-order valence-electron chi connectivity index (χ1n) is 7.56. The number of aromatic nitrogens is 2. The molecule has 0 aliphatic heterocycles. The number of anilines is 1. The third-order valence-corrected chi connectivity index (χ3v) is 5.02. The molecule has 146 valence electrons. The number of nitrogens with zero attached hydrogens (tertiary/aromatic N) is 3. The maximum Gasteiger partial charge on any atom is 0.434 e. The minimum atomic E-state index is -4.81. The van der Waals surface area contributed by atoms with Crippen LogP contribution in [0, 0.1) is 0 Å². The van der Waals surface area contributed by atoms with Gasteiger partial charge < -0.3 is 9.74 Å². The average Bonchev–Trinajstić information content (AvgIpc) is 2.60. The number of hydrogen-bond donors (Lipinski definition) is 0. The summed E-state index contributed by atoms with van der Waals surface area (Å²) in [7, 11) is 2.22. The monoisotopic (exact) mass is 465 g/mol. The molecule has 2 aromatic rings. The summed E-state index contributed by atoms with van der Waals surface area (Å²) in [5.74, 6) is 0.0580. The van der Waals surface area contributed by atoms with Crippen molar-refractivity contribution in [1.29, 1.82) is 0 Å². The summed E-state index contributed by atoms with van der Waals surface area (Å²) < 4.78 is 39.3. The fourth-order valence-corrected chi connectivity index (χ4v) is 3.74. The van der Waals surface area contributed by atoms with Crippen molar-refractivity contribution >= 4 is 39.3 Å². The first-order chi connectivity index (χ1) is 12.6. The van der Waals surface area contributed by atoms with E-state index in [1.165, 1.54) is 25.0 Å². The van der Waals surface area contributed by atoms with Crippen molar-refractivity contribution in [3.8, 4) is 0 Å². The van der Waals surface area contributed by atoms with E-state index in [0.717, 1.165) is 12.0 Å². The lowest BCUT2D eigenvalue weighted by molar-refractivity contribution is -0.151. The van der Waals surface area contributed by atoms with Crippen molar-refractivity contribution in [3.63, 3.8) is 0 Å². The Morgan fingerprint density at radius 2 is 2.11 bits per heavy atom. The van der Waals surface area contributed by atoms with E-state index in [0.29, 0.717) is 16.7 Å². The van der Waals surface area contributed by atoms with Crippen molar-refractivity contribution in [1.82, 2.24) is 9.71 Å². The molecule has 27 heavy (non-hydrogen) atoms. The van der Waals surface area contributed by atoms with Crippen LogP contribution in [0.2, 0.25) is 0 Å². The van der Waals surface area contributed by atoms with Gasteiger partial charge >= 0.3 is 11.7 Å². The molecule has 0 spiro atoms. The second-order valence-electron chi connectivity index (χ2n) is 5.15. The number of carbonyl (C=O) groups excluding carboxylic acids is 1. The number of carbonyl (C=O) groups is 1. The normalized spacial score (nSPS) is 11.4. The molecule has 1 amide bonds. The van der Waals surface area contributed by atoms with Crippen LogP contribution in [0.3, 0.4) is 0 Å². The molecule has 2 rings (SSSR count). The molecule has 0 N–H and O–H groups in total. The summed E-state index contributed by atoms with van der Waals surface area (Å²) >= 11 is 4.34. The number of halogens is 4. The number of hydrogen-bond acceptors (Lipinski definition) is 5. The molecular weight excluding hydrogens is 451 g/mol. The Balaban J connectivity index is 2.59. The lowest BCUT2D eigenvalue weighted by atomic mass is 10.2. The van der Waals surface area contributed by atoms with Gasteiger partial charge in [0.25, 0.3) is 5.91 Å². The van der Waals surface area contributed by atoms with Gasteiger partial charge in [0.15, 0.2) is 5.69 Å². The number of pyridine rings is 2. The molecule has 0 unspecified atom stereocenters. The molecule has 0 atom stereocenters. The van der Waals surface area contributed by atoms with E-state index < -0.39 is 23.3 Å². The zero-order valence-electron chi connectivity index (χ0n) is 14.5. The van der Waals surface area contributed by atoms with Gasteiger partial charge in [0.05, 0.1) is 0 Å². The maximum absolute atomic E-state index is 13.1. The Labute approximate surface area is 165 Å². The van der Waals surface area contributed by atoms with Crippen molar-refractivity contribution < 1.29 is 22.8 Å². The number of rotatable bonds is 5. The van der Waals surface area contributed by atoms with E-state index >= 15 is 0 Å². The highest BCUT2D eigenvalue weighted by Crippen LogP contribution is 2.33. The molecule has 11 heteroatoms. The molecule has 0 aliphatic carbocycles. The fourth-order valence-electron chi connectivity index (χ4n) is 2.32.